The minimum atomic E-state index is -0.147. The molecule has 2 aromatic rings. The van der Waals surface area contributed by atoms with E-state index in [1.807, 2.05) is 12.1 Å². The van der Waals surface area contributed by atoms with Gasteiger partial charge < -0.3 is 14.7 Å². The fourth-order valence-electron chi connectivity index (χ4n) is 3.86. The quantitative estimate of drug-likeness (QED) is 0.722. The Labute approximate surface area is 184 Å². The molecule has 0 atom stereocenters. The number of rotatable bonds is 3. The molecule has 30 heavy (non-hydrogen) atoms. The first-order valence-electron chi connectivity index (χ1n) is 9.87. The van der Waals surface area contributed by atoms with Crippen LogP contribution in [0, 0.1) is 0 Å². The van der Waals surface area contributed by atoms with E-state index in [9.17, 15) is 14.4 Å². The molecule has 2 aliphatic rings. The maximum absolute atomic E-state index is 12.8. The van der Waals surface area contributed by atoms with E-state index in [1.54, 1.807) is 45.0 Å². The van der Waals surface area contributed by atoms with Gasteiger partial charge in [0.25, 0.3) is 11.8 Å². The molecular formula is C22H21Cl2N3O3. The van der Waals surface area contributed by atoms with Crippen LogP contribution >= 0.6 is 23.2 Å². The summed E-state index contributed by atoms with van der Waals surface area (Å²) in [6, 6.07) is 11.9. The van der Waals surface area contributed by atoms with E-state index >= 15 is 0 Å². The van der Waals surface area contributed by atoms with Crippen LogP contribution in [0.1, 0.15) is 33.6 Å². The fourth-order valence-corrected chi connectivity index (χ4v) is 4.39. The number of halogens is 2. The Morgan fingerprint density at radius 2 is 1.27 bits per heavy atom. The van der Waals surface area contributed by atoms with Gasteiger partial charge in [0.05, 0.1) is 0 Å². The average molecular weight is 446 g/mol. The van der Waals surface area contributed by atoms with Crippen molar-refractivity contribution in [2.45, 2.75) is 12.8 Å². The van der Waals surface area contributed by atoms with Crippen LogP contribution < -0.4 is 4.90 Å². The summed E-state index contributed by atoms with van der Waals surface area (Å²) in [6.45, 7) is 2.50. The highest BCUT2D eigenvalue weighted by atomic mass is 35.5. The van der Waals surface area contributed by atoms with Crippen LogP contribution in [0.25, 0.3) is 0 Å². The topological polar surface area (TPSA) is 60.9 Å². The van der Waals surface area contributed by atoms with E-state index in [0.29, 0.717) is 53.8 Å². The van der Waals surface area contributed by atoms with Crippen molar-refractivity contribution in [2.75, 3.05) is 37.6 Å². The third-order valence-corrected chi connectivity index (χ3v) is 5.90. The predicted molar refractivity (Wildman–Crippen MR) is 116 cm³/mol. The first-order chi connectivity index (χ1) is 14.4. The summed E-state index contributed by atoms with van der Waals surface area (Å²) in [6.07, 6.45) is 1.44. The second-order valence-corrected chi connectivity index (χ2v) is 8.31. The molecule has 6 nitrogen and oxygen atoms in total. The van der Waals surface area contributed by atoms with E-state index in [0.717, 1.165) is 18.7 Å². The second kappa shape index (κ2) is 8.66. The molecule has 3 amide bonds. The van der Waals surface area contributed by atoms with Gasteiger partial charge in [-0.05, 0) is 48.9 Å². The van der Waals surface area contributed by atoms with Crippen LogP contribution in [-0.2, 0) is 4.79 Å². The minimum absolute atomic E-state index is 0.0767. The van der Waals surface area contributed by atoms with Gasteiger partial charge in [0, 0.05) is 66.0 Å². The molecule has 156 valence electrons. The summed E-state index contributed by atoms with van der Waals surface area (Å²) in [5, 5.41) is 0.831. The van der Waals surface area contributed by atoms with Crippen molar-refractivity contribution in [3.63, 3.8) is 0 Å². The van der Waals surface area contributed by atoms with Gasteiger partial charge in [0.1, 0.15) is 0 Å². The van der Waals surface area contributed by atoms with Gasteiger partial charge in [0.15, 0.2) is 0 Å². The SMILES string of the molecule is O=C(c1ccc(N2CCCC2=O)cc1)N1CCN(C(=O)c2cc(Cl)cc(Cl)c2)CC1. The Bertz CT molecular complexity index is 965. The Morgan fingerprint density at radius 3 is 1.77 bits per heavy atom. The monoisotopic (exact) mass is 445 g/mol. The average Bonchev–Trinajstić information content (AvgIpc) is 3.18. The van der Waals surface area contributed by atoms with Crippen molar-refractivity contribution >= 4 is 46.6 Å². The number of benzene rings is 2. The lowest BCUT2D eigenvalue weighted by atomic mass is 10.1. The third-order valence-electron chi connectivity index (χ3n) is 5.46. The van der Waals surface area contributed by atoms with Crippen LogP contribution in [0.5, 0.6) is 0 Å². The molecule has 8 heteroatoms. The fraction of sp³-hybridized carbons (Fsp3) is 0.318. The number of piperazine rings is 1. The van der Waals surface area contributed by atoms with Gasteiger partial charge in [-0.25, -0.2) is 0 Å². The van der Waals surface area contributed by atoms with Crippen LogP contribution in [0.15, 0.2) is 42.5 Å². The zero-order valence-corrected chi connectivity index (χ0v) is 17.8. The Balaban J connectivity index is 1.37. The molecule has 0 bridgehead atoms. The lowest BCUT2D eigenvalue weighted by Gasteiger charge is -2.35. The highest BCUT2D eigenvalue weighted by Gasteiger charge is 2.26. The second-order valence-electron chi connectivity index (χ2n) is 7.44. The number of hydrogen-bond acceptors (Lipinski definition) is 3. The standard InChI is InChI=1S/C22H21Cl2N3O3/c23-17-12-16(13-18(24)14-17)22(30)26-10-8-25(9-11-26)21(29)15-3-5-19(6-4-15)27-7-1-2-20(27)28/h3-6,12-14H,1-2,7-11H2. The van der Waals surface area contributed by atoms with Gasteiger partial charge in [-0.2, -0.15) is 0 Å². The summed E-state index contributed by atoms with van der Waals surface area (Å²) in [7, 11) is 0. The van der Waals surface area contributed by atoms with E-state index in [4.69, 9.17) is 23.2 Å². The molecule has 0 aromatic heterocycles. The minimum Gasteiger partial charge on any atom is -0.335 e. The van der Waals surface area contributed by atoms with Crippen molar-refractivity contribution in [3.05, 3.63) is 63.6 Å². The first-order valence-corrected chi connectivity index (χ1v) is 10.6. The summed E-state index contributed by atoms with van der Waals surface area (Å²) in [5.41, 5.74) is 1.84. The van der Waals surface area contributed by atoms with Crippen molar-refractivity contribution in [2.24, 2.45) is 0 Å². The summed E-state index contributed by atoms with van der Waals surface area (Å²) in [4.78, 5) is 42.6. The molecule has 0 unspecified atom stereocenters. The number of carbonyl (C=O) groups excluding carboxylic acids is 3. The molecule has 0 radical (unpaired) electrons. The van der Waals surface area contributed by atoms with Gasteiger partial charge in [-0.1, -0.05) is 23.2 Å². The molecular weight excluding hydrogens is 425 g/mol. The van der Waals surface area contributed by atoms with Gasteiger partial charge in [-0.3, -0.25) is 14.4 Å². The van der Waals surface area contributed by atoms with Gasteiger partial charge in [0.2, 0.25) is 5.91 Å². The van der Waals surface area contributed by atoms with Gasteiger partial charge >= 0.3 is 0 Å². The zero-order chi connectivity index (χ0) is 21.3. The van der Waals surface area contributed by atoms with Crippen LogP contribution in [0.2, 0.25) is 10.0 Å². The molecule has 2 saturated heterocycles. The van der Waals surface area contributed by atoms with Crippen molar-refractivity contribution in [3.8, 4) is 0 Å². The number of carbonyl (C=O) groups is 3. The molecule has 4 rings (SSSR count). The molecule has 0 saturated carbocycles. The normalized spacial score (nSPS) is 16.9. The molecule has 2 heterocycles. The van der Waals surface area contributed by atoms with Crippen molar-refractivity contribution in [1.29, 1.82) is 0 Å². The molecule has 2 aliphatic heterocycles. The number of nitrogens with zero attached hydrogens (tertiary/aromatic N) is 3. The lowest BCUT2D eigenvalue weighted by molar-refractivity contribution is -0.117. The van der Waals surface area contributed by atoms with Crippen molar-refractivity contribution < 1.29 is 14.4 Å². The molecule has 0 spiro atoms. The molecule has 2 fully saturated rings. The zero-order valence-electron chi connectivity index (χ0n) is 16.3. The Morgan fingerprint density at radius 1 is 0.733 bits per heavy atom. The Hall–Kier alpha value is -2.57. The van der Waals surface area contributed by atoms with Crippen molar-refractivity contribution in [1.82, 2.24) is 9.80 Å². The summed E-state index contributed by atoms with van der Waals surface area (Å²) >= 11 is 12.0. The molecule has 0 N–H and O–H groups in total. The maximum atomic E-state index is 12.8. The number of amides is 3. The highest BCUT2D eigenvalue weighted by molar-refractivity contribution is 6.35. The highest BCUT2D eigenvalue weighted by Crippen LogP contribution is 2.23. The van der Waals surface area contributed by atoms with E-state index in [1.165, 1.54) is 0 Å². The van der Waals surface area contributed by atoms with E-state index in [2.05, 4.69) is 0 Å². The maximum Gasteiger partial charge on any atom is 0.254 e. The number of hydrogen-bond donors (Lipinski definition) is 0. The third kappa shape index (κ3) is 4.30. The van der Waals surface area contributed by atoms with Crippen LogP contribution in [0.4, 0.5) is 5.69 Å². The van der Waals surface area contributed by atoms with E-state index < -0.39 is 0 Å². The smallest absolute Gasteiger partial charge is 0.254 e. The summed E-state index contributed by atoms with van der Waals surface area (Å²) < 4.78 is 0. The predicted octanol–water partition coefficient (Wildman–Crippen LogP) is 3.72. The van der Waals surface area contributed by atoms with E-state index in [-0.39, 0.29) is 17.7 Å². The Kier molecular flexibility index (Phi) is 5.97. The molecule has 2 aromatic carbocycles. The lowest BCUT2D eigenvalue weighted by Crippen LogP contribution is -2.50. The van der Waals surface area contributed by atoms with Crippen LogP contribution in [0.3, 0.4) is 0 Å². The largest absolute Gasteiger partial charge is 0.335 e. The molecule has 0 aliphatic carbocycles. The first kappa shape index (κ1) is 20.7. The van der Waals surface area contributed by atoms with Gasteiger partial charge in [-0.15, -0.1) is 0 Å². The number of anilines is 1. The summed E-state index contributed by atoms with van der Waals surface area (Å²) in [5.74, 6) is -0.103. The van der Waals surface area contributed by atoms with Crippen LogP contribution in [-0.4, -0.2) is 60.2 Å².